The third-order valence-electron chi connectivity index (χ3n) is 4.71. The van der Waals surface area contributed by atoms with Crippen LogP contribution in [-0.2, 0) is 13.6 Å². The molecule has 1 saturated heterocycles. The summed E-state index contributed by atoms with van der Waals surface area (Å²) in [5, 5.41) is 3.69. The molecule has 4 heteroatoms. The quantitative estimate of drug-likeness (QED) is 0.921. The zero-order valence-electron chi connectivity index (χ0n) is 12.0. The number of aromatic nitrogens is 2. The number of hydrogen-bond donors (Lipinski definition) is 1. The Morgan fingerprint density at radius 2 is 2.10 bits per heavy atom. The highest BCUT2D eigenvalue weighted by atomic mass is 15.2. The fourth-order valence-corrected chi connectivity index (χ4v) is 3.31. The normalized spacial score (nSPS) is 23.8. The minimum Gasteiger partial charge on any atom is -0.330 e. The Hall–Kier alpha value is -1.39. The molecule has 4 rings (SSSR count). The van der Waals surface area contributed by atoms with Gasteiger partial charge in [-0.2, -0.15) is 0 Å². The van der Waals surface area contributed by atoms with Gasteiger partial charge in [-0.15, -0.1) is 0 Å². The molecule has 1 aliphatic carbocycles. The van der Waals surface area contributed by atoms with Crippen molar-refractivity contribution in [2.75, 3.05) is 13.1 Å². The number of fused-ring (bicyclic) bond motifs is 1. The van der Waals surface area contributed by atoms with Gasteiger partial charge < -0.3 is 9.88 Å². The van der Waals surface area contributed by atoms with Gasteiger partial charge in [-0.25, -0.2) is 4.98 Å². The molecule has 2 heterocycles. The highest BCUT2D eigenvalue weighted by Gasteiger charge is 2.34. The molecule has 0 radical (unpaired) electrons. The second kappa shape index (κ2) is 4.86. The average Bonchev–Trinajstić information content (AvgIpc) is 3.13. The lowest BCUT2D eigenvalue weighted by Gasteiger charge is -2.15. The highest BCUT2D eigenvalue weighted by Crippen LogP contribution is 2.29. The summed E-state index contributed by atoms with van der Waals surface area (Å²) >= 11 is 0. The predicted octanol–water partition coefficient (Wildman–Crippen LogP) is 1.90. The van der Waals surface area contributed by atoms with E-state index in [0.29, 0.717) is 6.04 Å². The van der Waals surface area contributed by atoms with Gasteiger partial charge in [0.2, 0.25) is 0 Å². The van der Waals surface area contributed by atoms with Crippen LogP contribution in [-0.4, -0.2) is 39.6 Å². The van der Waals surface area contributed by atoms with Gasteiger partial charge in [0.05, 0.1) is 17.6 Å². The van der Waals surface area contributed by atoms with Crippen LogP contribution in [0.15, 0.2) is 24.3 Å². The van der Waals surface area contributed by atoms with Gasteiger partial charge in [-0.3, -0.25) is 4.90 Å². The molecule has 20 heavy (non-hydrogen) atoms. The molecule has 1 atom stereocenters. The van der Waals surface area contributed by atoms with E-state index in [-0.39, 0.29) is 0 Å². The van der Waals surface area contributed by atoms with Crippen molar-refractivity contribution in [2.45, 2.75) is 37.9 Å². The monoisotopic (exact) mass is 270 g/mol. The van der Waals surface area contributed by atoms with Crippen LogP contribution in [0, 0.1) is 0 Å². The maximum absolute atomic E-state index is 4.73. The van der Waals surface area contributed by atoms with Gasteiger partial charge >= 0.3 is 0 Å². The van der Waals surface area contributed by atoms with Crippen LogP contribution < -0.4 is 5.32 Å². The number of imidazole rings is 1. The van der Waals surface area contributed by atoms with Crippen LogP contribution in [0.3, 0.4) is 0 Å². The molecule has 1 N–H and O–H groups in total. The molecule has 1 aromatic heterocycles. The number of para-hydroxylation sites is 2. The Balaban J connectivity index is 1.42. The maximum Gasteiger partial charge on any atom is 0.123 e. The molecule has 0 amide bonds. The first-order valence-electron chi connectivity index (χ1n) is 7.69. The van der Waals surface area contributed by atoms with E-state index in [1.54, 1.807) is 0 Å². The second-order valence-corrected chi connectivity index (χ2v) is 6.17. The van der Waals surface area contributed by atoms with E-state index < -0.39 is 0 Å². The molecule has 1 aromatic carbocycles. The van der Waals surface area contributed by atoms with Gasteiger partial charge in [0.25, 0.3) is 0 Å². The van der Waals surface area contributed by atoms with Crippen molar-refractivity contribution < 1.29 is 0 Å². The van der Waals surface area contributed by atoms with Crippen molar-refractivity contribution in [1.29, 1.82) is 0 Å². The van der Waals surface area contributed by atoms with E-state index in [4.69, 9.17) is 4.98 Å². The Kier molecular flexibility index (Phi) is 3.00. The summed E-state index contributed by atoms with van der Waals surface area (Å²) < 4.78 is 2.20. The fraction of sp³-hybridized carbons (Fsp3) is 0.562. The summed E-state index contributed by atoms with van der Waals surface area (Å²) in [6, 6.07) is 9.88. The second-order valence-electron chi connectivity index (χ2n) is 6.17. The number of benzene rings is 1. The van der Waals surface area contributed by atoms with Crippen molar-refractivity contribution >= 4 is 11.0 Å². The van der Waals surface area contributed by atoms with Gasteiger partial charge in [0.1, 0.15) is 5.82 Å². The summed E-state index contributed by atoms with van der Waals surface area (Å²) in [5.74, 6) is 1.14. The molecule has 1 aliphatic heterocycles. The zero-order chi connectivity index (χ0) is 13.5. The SMILES string of the molecule is Cn1c(CNC2CCN(C3CC3)C2)nc2ccccc21. The number of nitrogens with zero attached hydrogens (tertiary/aromatic N) is 3. The van der Waals surface area contributed by atoms with Crippen LogP contribution in [0.2, 0.25) is 0 Å². The Labute approximate surface area is 119 Å². The van der Waals surface area contributed by atoms with Crippen molar-refractivity contribution in [3.63, 3.8) is 0 Å². The van der Waals surface area contributed by atoms with E-state index in [0.717, 1.165) is 23.9 Å². The topological polar surface area (TPSA) is 33.1 Å². The minimum atomic E-state index is 0.635. The third kappa shape index (κ3) is 2.23. The van der Waals surface area contributed by atoms with Crippen molar-refractivity contribution in [2.24, 2.45) is 7.05 Å². The third-order valence-corrected chi connectivity index (χ3v) is 4.71. The van der Waals surface area contributed by atoms with Crippen molar-refractivity contribution in [3.05, 3.63) is 30.1 Å². The van der Waals surface area contributed by atoms with Crippen molar-refractivity contribution in [1.82, 2.24) is 19.8 Å². The first kappa shape index (κ1) is 12.4. The number of hydrogen-bond acceptors (Lipinski definition) is 3. The van der Waals surface area contributed by atoms with Crippen LogP contribution >= 0.6 is 0 Å². The highest BCUT2D eigenvalue weighted by molar-refractivity contribution is 5.75. The predicted molar refractivity (Wildman–Crippen MR) is 80.6 cm³/mol. The van der Waals surface area contributed by atoms with Crippen LogP contribution in [0.1, 0.15) is 25.1 Å². The van der Waals surface area contributed by atoms with Crippen LogP contribution in [0.4, 0.5) is 0 Å². The summed E-state index contributed by atoms with van der Waals surface area (Å²) in [5.41, 5.74) is 2.31. The molecule has 2 aliphatic rings. The number of likely N-dealkylation sites (tertiary alicyclic amines) is 1. The van der Waals surface area contributed by atoms with E-state index in [9.17, 15) is 0 Å². The first-order chi connectivity index (χ1) is 9.81. The van der Waals surface area contributed by atoms with Gasteiger partial charge in [-0.1, -0.05) is 12.1 Å². The van der Waals surface area contributed by atoms with Crippen LogP contribution in [0.5, 0.6) is 0 Å². The summed E-state index contributed by atoms with van der Waals surface area (Å²) in [6.07, 6.45) is 4.11. The lowest BCUT2D eigenvalue weighted by Crippen LogP contribution is -2.33. The maximum atomic E-state index is 4.73. The smallest absolute Gasteiger partial charge is 0.123 e. The summed E-state index contributed by atoms with van der Waals surface area (Å²) in [6.45, 7) is 3.35. The van der Waals surface area contributed by atoms with Gasteiger partial charge in [0.15, 0.2) is 0 Å². The molecule has 1 saturated carbocycles. The van der Waals surface area contributed by atoms with Gasteiger partial charge in [0, 0.05) is 32.2 Å². The zero-order valence-corrected chi connectivity index (χ0v) is 12.0. The average molecular weight is 270 g/mol. The molecule has 1 unspecified atom stereocenters. The Morgan fingerprint density at radius 3 is 2.90 bits per heavy atom. The molecule has 2 aromatic rings. The lowest BCUT2D eigenvalue weighted by molar-refractivity contribution is 0.317. The van der Waals surface area contributed by atoms with E-state index in [2.05, 4.69) is 46.1 Å². The minimum absolute atomic E-state index is 0.635. The molecule has 0 spiro atoms. The lowest BCUT2D eigenvalue weighted by atomic mass is 10.2. The summed E-state index contributed by atoms with van der Waals surface area (Å²) in [7, 11) is 2.11. The molecular formula is C16H22N4. The van der Waals surface area contributed by atoms with E-state index in [1.165, 1.54) is 37.9 Å². The molecule has 2 fully saturated rings. The molecular weight excluding hydrogens is 248 g/mol. The standard InChI is InChI=1S/C16H22N4/c1-19-15-5-3-2-4-14(15)18-16(19)10-17-12-8-9-20(11-12)13-6-7-13/h2-5,12-13,17H,6-11H2,1H3. The van der Waals surface area contributed by atoms with E-state index >= 15 is 0 Å². The van der Waals surface area contributed by atoms with Crippen LogP contribution in [0.25, 0.3) is 11.0 Å². The number of aryl methyl sites for hydroxylation is 1. The Morgan fingerprint density at radius 1 is 1.25 bits per heavy atom. The Bertz CT molecular complexity index is 614. The molecule has 4 nitrogen and oxygen atoms in total. The summed E-state index contributed by atoms with van der Waals surface area (Å²) in [4.78, 5) is 7.37. The fourth-order valence-electron chi connectivity index (χ4n) is 3.31. The largest absolute Gasteiger partial charge is 0.330 e. The van der Waals surface area contributed by atoms with Crippen molar-refractivity contribution in [3.8, 4) is 0 Å². The number of nitrogens with one attached hydrogen (secondary N) is 1. The first-order valence-corrected chi connectivity index (χ1v) is 7.69. The molecule has 0 bridgehead atoms. The molecule has 106 valence electrons. The van der Waals surface area contributed by atoms with Gasteiger partial charge in [-0.05, 0) is 31.4 Å². The number of rotatable bonds is 4. The van der Waals surface area contributed by atoms with E-state index in [1.807, 2.05) is 0 Å².